The highest BCUT2D eigenvalue weighted by molar-refractivity contribution is 5.93. The summed E-state index contributed by atoms with van der Waals surface area (Å²) in [6, 6.07) is 7.89. The van der Waals surface area contributed by atoms with Crippen LogP contribution in [-0.4, -0.2) is 30.9 Å². The number of nitrogens with zero attached hydrogens (tertiary/aromatic N) is 1. The van der Waals surface area contributed by atoms with Crippen molar-refractivity contribution in [1.82, 2.24) is 0 Å². The van der Waals surface area contributed by atoms with Gasteiger partial charge in [-0.3, -0.25) is 4.79 Å². The molecule has 2 aromatic carbocycles. The van der Waals surface area contributed by atoms with Crippen molar-refractivity contribution >= 4 is 17.3 Å². The molecule has 0 spiro atoms. The van der Waals surface area contributed by atoms with Gasteiger partial charge in [0.25, 0.3) is 6.10 Å². The largest absolute Gasteiger partial charge is 0.471 e. The summed E-state index contributed by atoms with van der Waals surface area (Å²) in [6.45, 7) is 10.9. The van der Waals surface area contributed by atoms with E-state index in [4.69, 9.17) is 0 Å². The van der Waals surface area contributed by atoms with Crippen LogP contribution >= 0.6 is 0 Å². The third-order valence-corrected chi connectivity index (χ3v) is 6.10. The lowest BCUT2D eigenvalue weighted by molar-refractivity contribution is -0.299. The molecule has 1 heterocycles. The average molecular weight is 531 g/mol. The molecule has 0 atom stereocenters. The predicted octanol–water partition coefficient (Wildman–Crippen LogP) is 7.50. The normalized spacial score (nSPS) is 14.9. The Balaban J connectivity index is 1.80. The average Bonchev–Trinajstić information content (AvgIpc) is 2.93. The zero-order chi connectivity index (χ0) is 27.8. The summed E-state index contributed by atoms with van der Waals surface area (Å²) in [6.07, 6.45) is -13.5. The summed E-state index contributed by atoms with van der Waals surface area (Å²) < 4.78 is 81.8. The van der Waals surface area contributed by atoms with Gasteiger partial charge in [0.1, 0.15) is 5.75 Å². The molecule has 1 aliphatic heterocycles. The number of hydrogen-bond donors (Lipinski definition) is 1. The summed E-state index contributed by atoms with van der Waals surface area (Å²) in [5, 5.41) is 3.00. The van der Waals surface area contributed by atoms with Gasteiger partial charge in [-0.15, -0.1) is 0 Å². The number of nitrogens with one attached hydrogen (secondary N) is 1. The number of halogens is 6. The maximum absolute atomic E-state index is 12.9. The molecule has 1 aliphatic rings. The van der Waals surface area contributed by atoms with Crippen LogP contribution in [0.2, 0.25) is 0 Å². The Bertz CT molecular complexity index is 1100. The minimum absolute atomic E-state index is 0.0635. The number of anilines is 2. The molecule has 10 heteroatoms. The topological polar surface area (TPSA) is 41.6 Å². The van der Waals surface area contributed by atoms with E-state index in [1.807, 2.05) is 46.8 Å². The van der Waals surface area contributed by atoms with Crippen molar-refractivity contribution in [3.63, 3.8) is 0 Å². The van der Waals surface area contributed by atoms with Crippen LogP contribution < -0.4 is 15.0 Å². The SMILES string of the molecule is Cc1cc(N2CCCc3cc(OC(C(F)(F)F)C(F)(F)F)ccc3C2)cc(C)c1NC(=O)CC(C)(C)C. The molecular formula is C27H32F6N2O2. The number of rotatable bonds is 5. The number of hydrogen-bond acceptors (Lipinski definition) is 3. The van der Waals surface area contributed by atoms with Gasteiger partial charge in [0.2, 0.25) is 5.91 Å². The fraction of sp³-hybridized carbons (Fsp3) is 0.519. The lowest BCUT2D eigenvalue weighted by Crippen LogP contribution is -2.46. The zero-order valence-corrected chi connectivity index (χ0v) is 21.5. The summed E-state index contributed by atoms with van der Waals surface area (Å²) in [4.78, 5) is 14.6. The summed E-state index contributed by atoms with van der Waals surface area (Å²) in [5.41, 5.74) is 4.80. The highest BCUT2D eigenvalue weighted by atomic mass is 19.4. The number of carbonyl (C=O) groups is 1. The fourth-order valence-corrected chi connectivity index (χ4v) is 4.47. The molecule has 0 bridgehead atoms. The smallest absolute Gasteiger partial charge is 0.434 e. The van der Waals surface area contributed by atoms with Crippen molar-refractivity contribution in [2.24, 2.45) is 5.41 Å². The number of aryl methyl sites for hydroxylation is 3. The molecule has 0 saturated heterocycles. The zero-order valence-electron chi connectivity index (χ0n) is 21.5. The van der Waals surface area contributed by atoms with Gasteiger partial charge in [-0.2, -0.15) is 26.3 Å². The van der Waals surface area contributed by atoms with Crippen molar-refractivity contribution in [3.8, 4) is 5.75 Å². The standard InChI is InChI=1S/C27H32F6N2O2/c1-16-11-20(12-17(2)23(16)34-22(36)14-25(3,4)5)35-10-6-7-18-13-21(9-8-19(18)15-35)37-24(26(28,29)30)27(31,32)33/h8-9,11-13,24H,6-7,10,14-15H2,1-5H3,(H,34,36). The number of fused-ring (bicyclic) bond motifs is 1. The van der Waals surface area contributed by atoms with Gasteiger partial charge in [-0.05, 0) is 78.6 Å². The molecule has 204 valence electrons. The number of carbonyl (C=O) groups excluding carboxylic acids is 1. The third kappa shape index (κ3) is 7.55. The monoisotopic (exact) mass is 530 g/mol. The van der Waals surface area contributed by atoms with Gasteiger partial charge < -0.3 is 15.0 Å². The highest BCUT2D eigenvalue weighted by Crippen LogP contribution is 2.38. The molecule has 1 N–H and O–H groups in total. The highest BCUT2D eigenvalue weighted by Gasteiger charge is 2.59. The van der Waals surface area contributed by atoms with Crippen molar-refractivity contribution in [2.75, 3.05) is 16.8 Å². The minimum Gasteiger partial charge on any atom is -0.471 e. The van der Waals surface area contributed by atoms with Gasteiger partial charge in [-0.25, -0.2) is 0 Å². The fourth-order valence-electron chi connectivity index (χ4n) is 4.47. The second-order valence-corrected chi connectivity index (χ2v) is 10.8. The first-order valence-electron chi connectivity index (χ1n) is 12.0. The first-order valence-corrected chi connectivity index (χ1v) is 12.0. The molecule has 0 aromatic heterocycles. The number of ether oxygens (including phenoxy) is 1. The van der Waals surface area contributed by atoms with E-state index in [-0.39, 0.29) is 11.3 Å². The molecule has 0 aliphatic carbocycles. The molecule has 2 aromatic rings. The second-order valence-electron chi connectivity index (χ2n) is 10.8. The van der Waals surface area contributed by atoms with Crippen LogP contribution in [-0.2, 0) is 17.8 Å². The summed E-state index contributed by atoms with van der Waals surface area (Å²) >= 11 is 0. The summed E-state index contributed by atoms with van der Waals surface area (Å²) in [7, 11) is 0. The molecule has 0 fully saturated rings. The van der Waals surface area contributed by atoms with E-state index in [0.29, 0.717) is 37.9 Å². The Morgan fingerprint density at radius 1 is 0.973 bits per heavy atom. The first kappa shape index (κ1) is 28.7. The van der Waals surface area contributed by atoms with Crippen LogP contribution in [0.1, 0.15) is 55.9 Å². The van der Waals surface area contributed by atoms with Crippen LogP contribution in [0.3, 0.4) is 0 Å². The maximum atomic E-state index is 12.9. The van der Waals surface area contributed by atoms with Crippen LogP contribution in [0, 0.1) is 19.3 Å². The molecule has 1 amide bonds. The van der Waals surface area contributed by atoms with E-state index in [1.54, 1.807) is 0 Å². The van der Waals surface area contributed by atoms with Gasteiger partial charge in [0.15, 0.2) is 0 Å². The van der Waals surface area contributed by atoms with Crippen molar-refractivity contribution in [2.45, 2.75) is 78.9 Å². The predicted molar refractivity (Wildman–Crippen MR) is 131 cm³/mol. The van der Waals surface area contributed by atoms with Crippen LogP contribution in [0.5, 0.6) is 5.75 Å². The quantitative estimate of drug-likeness (QED) is 0.407. The number of amides is 1. The van der Waals surface area contributed by atoms with Crippen LogP contribution in [0.25, 0.3) is 0 Å². The maximum Gasteiger partial charge on any atom is 0.434 e. The van der Waals surface area contributed by atoms with E-state index in [2.05, 4.69) is 15.0 Å². The van der Waals surface area contributed by atoms with E-state index >= 15 is 0 Å². The van der Waals surface area contributed by atoms with Crippen molar-refractivity contribution < 1.29 is 35.9 Å². The van der Waals surface area contributed by atoms with Gasteiger partial charge in [0.05, 0.1) is 0 Å². The molecule has 37 heavy (non-hydrogen) atoms. The van der Waals surface area contributed by atoms with Gasteiger partial charge >= 0.3 is 12.4 Å². The van der Waals surface area contributed by atoms with Gasteiger partial charge in [0, 0.05) is 30.9 Å². The van der Waals surface area contributed by atoms with E-state index < -0.39 is 24.2 Å². The Morgan fingerprint density at radius 2 is 1.57 bits per heavy atom. The van der Waals surface area contributed by atoms with E-state index in [1.165, 1.54) is 12.1 Å². The second kappa shape index (κ2) is 10.5. The molecular weight excluding hydrogens is 498 g/mol. The van der Waals surface area contributed by atoms with Crippen molar-refractivity contribution in [1.29, 1.82) is 0 Å². The Kier molecular flexibility index (Phi) is 8.10. The molecule has 0 radical (unpaired) electrons. The number of benzene rings is 2. The van der Waals surface area contributed by atoms with E-state index in [0.717, 1.165) is 34.1 Å². The van der Waals surface area contributed by atoms with E-state index in [9.17, 15) is 31.1 Å². The molecule has 0 unspecified atom stereocenters. The van der Waals surface area contributed by atoms with Crippen LogP contribution in [0.15, 0.2) is 30.3 Å². The van der Waals surface area contributed by atoms with Gasteiger partial charge in [-0.1, -0.05) is 26.8 Å². The lowest BCUT2D eigenvalue weighted by atomic mass is 9.92. The summed E-state index contributed by atoms with van der Waals surface area (Å²) in [5.74, 6) is -0.527. The van der Waals surface area contributed by atoms with Crippen molar-refractivity contribution in [3.05, 3.63) is 52.6 Å². The lowest BCUT2D eigenvalue weighted by Gasteiger charge is -2.26. The first-order chi connectivity index (χ1) is 16.9. The molecule has 4 nitrogen and oxygen atoms in total. The van der Waals surface area contributed by atoms with Crippen LogP contribution in [0.4, 0.5) is 37.7 Å². The molecule has 0 saturated carbocycles. The Labute approximate surface area is 213 Å². The molecule has 3 rings (SSSR count). The minimum atomic E-state index is -5.57. The Hall–Kier alpha value is -2.91. The number of alkyl halides is 6. The Morgan fingerprint density at radius 3 is 2.11 bits per heavy atom. The third-order valence-electron chi connectivity index (χ3n) is 6.10.